The van der Waals surface area contributed by atoms with Crippen LogP contribution in [0.3, 0.4) is 0 Å². The lowest BCUT2D eigenvalue weighted by molar-refractivity contribution is -0.144. The molecule has 16 N–H and O–H groups in total. The molecule has 1 aliphatic heterocycles. The van der Waals surface area contributed by atoms with Crippen molar-refractivity contribution in [3.63, 3.8) is 0 Å². The Balaban J connectivity index is 2.20. The normalized spacial score (nSPS) is 18.2. The van der Waals surface area contributed by atoms with E-state index in [4.69, 9.17) is 11.5 Å². The maximum Gasteiger partial charge on any atom is 0.326 e. The smallest absolute Gasteiger partial charge is 0.326 e. The second-order valence-electron chi connectivity index (χ2n) is 20.5. The number of carbonyl (C=O) groups excluding carboxylic acids is 10. The van der Waals surface area contributed by atoms with Crippen LogP contribution in [0.15, 0.2) is 24.3 Å². The first-order valence-electron chi connectivity index (χ1n) is 25.5. The predicted octanol–water partition coefficient (Wildman–Crippen LogP) is -3.11. The standard InChI is InChI=1S/C50H81N11O15/c1-12-25(8)38(46(71)60-40(28(11)63)48(73)57-37(24(6)7)50(75)76)58-44(69)35(22(2)3)55-41(66)26(9)53-42(67)32(21-34(52)65)54-47(72)39(27(10)62)59-45(70)36(23(4)5)56-43(68)33-14-13-19-61(33)49(74)31(51)20-29-15-17-30(64)18-16-29/h15-18,22-28,31-33,35-40,62-64H,12-14,19-21,51H2,1-11H3,(H2,52,65)(H,53,67)(H,54,72)(H,55,66)(H,56,68)(H,57,73)(H,58,69)(H,59,70)(H,60,71)(H,75,76)/t25-,26-,27+,28+,31-,32-,33-,35-,36-,37-,38-,39-,40-/m0/s1. The van der Waals surface area contributed by atoms with Gasteiger partial charge in [0.05, 0.1) is 24.7 Å². The number of nitrogens with zero attached hydrogens (tertiary/aromatic N) is 1. The Morgan fingerprint density at radius 1 is 0.592 bits per heavy atom. The minimum atomic E-state index is -1.78. The number of likely N-dealkylation sites (tertiary alicyclic amines) is 1. The molecule has 26 nitrogen and oxygen atoms in total. The molecule has 1 saturated heterocycles. The van der Waals surface area contributed by atoms with Gasteiger partial charge in [-0.2, -0.15) is 0 Å². The van der Waals surface area contributed by atoms with Gasteiger partial charge in [0.1, 0.15) is 60.1 Å². The highest BCUT2D eigenvalue weighted by atomic mass is 16.4. The highest BCUT2D eigenvalue weighted by Gasteiger charge is 2.41. The number of aliphatic hydroxyl groups excluding tert-OH is 2. The number of hydrogen-bond acceptors (Lipinski definition) is 15. The molecule has 0 aromatic heterocycles. The number of carbonyl (C=O) groups is 11. The third kappa shape index (κ3) is 19.3. The van der Waals surface area contributed by atoms with Gasteiger partial charge in [-0.1, -0.05) is 73.9 Å². The lowest BCUT2D eigenvalue weighted by atomic mass is 9.95. The van der Waals surface area contributed by atoms with Crippen molar-refractivity contribution in [2.24, 2.45) is 35.1 Å². The van der Waals surface area contributed by atoms with Gasteiger partial charge >= 0.3 is 5.97 Å². The molecule has 13 atom stereocenters. The summed E-state index contributed by atoms with van der Waals surface area (Å²) in [5, 5.41) is 59.7. The van der Waals surface area contributed by atoms with Crippen molar-refractivity contribution in [2.75, 3.05) is 6.54 Å². The Kier molecular flexibility index (Phi) is 25.7. The lowest BCUT2D eigenvalue weighted by Gasteiger charge is -2.31. The predicted molar refractivity (Wildman–Crippen MR) is 274 cm³/mol. The second-order valence-corrected chi connectivity index (χ2v) is 20.5. The number of nitrogens with one attached hydrogen (secondary N) is 8. The van der Waals surface area contributed by atoms with Crippen LogP contribution in [0.4, 0.5) is 0 Å². The van der Waals surface area contributed by atoms with Crippen LogP contribution in [-0.2, 0) is 59.2 Å². The summed E-state index contributed by atoms with van der Waals surface area (Å²) in [5.41, 5.74) is 12.3. The van der Waals surface area contributed by atoms with E-state index in [1.165, 1.54) is 30.9 Å². The van der Waals surface area contributed by atoms with Gasteiger partial charge in [-0.25, -0.2) is 4.79 Å². The van der Waals surface area contributed by atoms with Crippen LogP contribution in [0.2, 0.25) is 0 Å². The van der Waals surface area contributed by atoms with E-state index in [-0.39, 0.29) is 25.1 Å². The third-order valence-corrected chi connectivity index (χ3v) is 13.0. The van der Waals surface area contributed by atoms with Crippen molar-refractivity contribution in [2.45, 2.75) is 181 Å². The number of aliphatic carboxylic acids is 1. The first-order chi connectivity index (χ1) is 35.3. The molecule has 1 aliphatic rings. The van der Waals surface area contributed by atoms with Crippen molar-refractivity contribution in [1.29, 1.82) is 0 Å². The van der Waals surface area contributed by atoms with E-state index in [0.717, 1.165) is 6.92 Å². The van der Waals surface area contributed by atoms with Crippen LogP contribution in [0.25, 0.3) is 0 Å². The summed E-state index contributed by atoms with van der Waals surface area (Å²) in [5.74, 6) is -12.8. The second kappa shape index (κ2) is 30.0. The number of rotatable bonds is 29. The van der Waals surface area contributed by atoms with Crippen LogP contribution < -0.4 is 54.0 Å². The number of aromatic hydroxyl groups is 1. The largest absolute Gasteiger partial charge is 0.508 e. The molecular formula is C50H81N11O15. The number of nitrogens with two attached hydrogens (primary N) is 2. The number of primary amides is 1. The van der Waals surface area contributed by atoms with E-state index in [0.29, 0.717) is 18.4 Å². The Hall–Kier alpha value is -6.93. The number of amides is 10. The quantitative estimate of drug-likeness (QED) is 0.0378. The number of phenolic OH excluding ortho intramolecular Hbond substituents is 1. The SMILES string of the molecule is CC[C@H](C)[C@H](NC(=O)[C@@H](NC(=O)[C@H](C)NC(=O)[C@H](CC(N)=O)NC(=O)[C@@H](NC(=O)[C@@H](NC(=O)[C@@H]1CCCN1C(=O)[C@@H](N)Cc1ccc(O)cc1)C(C)C)[C@@H](C)O)C(C)C)C(=O)N[C@H](C(=O)N[C@H](C(=O)O)C(C)C)[C@@H](C)O. The van der Waals surface area contributed by atoms with Crippen molar-refractivity contribution in [3.05, 3.63) is 29.8 Å². The average molecular weight is 1080 g/mol. The summed E-state index contributed by atoms with van der Waals surface area (Å²) < 4.78 is 0. The maximum absolute atomic E-state index is 13.8. The fourth-order valence-corrected chi connectivity index (χ4v) is 8.14. The first-order valence-corrected chi connectivity index (χ1v) is 25.5. The molecule has 2 rings (SSSR count). The topological polar surface area (TPSA) is 420 Å². The highest BCUT2D eigenvalue weighted by molar-refractivity contribution is 5.99. The van der Waals surface area contributed by atoms with Crippen molar-refractivity contribution < 1.29 is 73.2 Å². The van der Waals surface area contributed by atoms with Gasteiger partial charge in [0.25, 0.3) is 0 Å². The molecular weight excluding hydrogens is 995 g/mol. The fourth-order valence-electron chi connectivity index (χ4n) is 8.14. The molecule has 426 valence electrons. The van der Waals surface area contributed by atoms with E-state index in [1.807, 2.05) is 0 Å². The molecule has 1 aromatic carbocycles. The zero-order valence-electron chi connectivity index (χ0n) is 45.2. The monoisotopic (exact) mass is 1080 g/mol. The summed E-state index contributed by atoms with van der Waals surface area (Å²) in [6.45, 7) is 16.6. The molecule has 76 heavy (non-hydrogen) atoms. The Morgan fingerprint density at radius 2 is 1.03 bits per heavy atom. The molecule has 0 saturated carbocycles. The number of aliphatic hydroxyl groups is 2. The molecule has 26 heteroatoms. The van der Waals surface area contributed by atoms with Crippen LogP contribution in [-0.4, -0.2) is 170 Å². The Morgan fingerprint density at radius 3 is 1.49 bits per heavy atom. The lowest BCUT2D eigenvalue weighted by Crippen LogP contribution is -2.63. The average Bonchev–Trinajstić information content (AvgIpc) is 3.83. The van der Waals surface area contributed by atoms with Crippen molar-refractivity contribution in [3.8, 4) is 5.75 Å². The molecule has 1 heterocycles. The van der Waals surface area contributed by atoms with Gasteiger partial charge in [0.15, 0.2) is 0 Å². The number of hydrogen-bond donors (Lipinski definition) is 14. The Bertz CT molecular complexity index is 2230. The van der Waals surface area contributed by atoms with E-state index < -0.39 is 168 Å². The number of carboxylic acid groups (broad SMARTS) is 1. The van der Waals surface area contributed by atoms with Gasteiger partial charge in [-0.15, -0.1) is 0 Å². The summed E-state index contributed by atoms with van der Waals surface area (Å²) in [6.07, 6.45) is -2.75. The highest BCUT2D eigenvalue weighted by Crippen LogP contribution is 2.21. The van der Waals surface area contributed by atoms with Gasteiger partial charge in [0, 0.05) is 6.54 Å². The van der Waals surface area contributed by atoms with E-state index in [9.17, 15) is 73.2 Å². The van der Waals surface area contributed by atoms with Crippen LogP contribution >= 0.6 is 0 Å². The molecule has 0 unspecified atom stereocenters. The molecule has 10 amide bonds. The molecule has 0 radical (unpaired) electrons. The van der Waals surface area contributed by atoms with Gasteiger partial charge in [-0.3, -0.25) is 47.9 Å². The minimum Gasteiger partial charge on any atom is -0.508 e. The van der Waals surface area contributed by atoms with Crippen LogP contribution in [0.5, 0.6) is 5.75 Å². The zero-order chi connectivity index (χ0) is 58.0. The number of phenols is 1. The molecule has 0 bridgehead atoms. The van der Waals surface area contributed by atoms with Crippen LogP contribution in [0, 0.1) is 23.7 Å². The third-order valence-electron chi connectivity index (χ3n) is 13.0. The van der Waals surface area contributed by atoms with Gasteiger partial charge in [0.2, 0.25) is 59.1 Å². The van der Waals surface area contributed by atoms with E-state index in [1.54, 1.807) is 67.5 Å². The van der Waals surface area contributed by atoms with E-state index in [2.05, 4.69) is 42.5 Å². The van der Waals surface area contributed by atoms with E-state index >= 15 is 0 Å². The van der Waals surface area contributed by atoms with Gasteiger partial charge in [-0.05, 0) is 81.4 Å². The molecule has 1 fully saturated rings. The van der Waals surface area contributed by atoms with Gasteiger partial charge < -0.3 is 79.3 Å². The molecule has 0 spiro atoms. The minimum absolute atomic E-state index is 0.0390. The van der Waals surface area contributed by atoms with Crippen molar-refractivity contribution in [1.82, 2.24) is 47.4 Å². The maximum atomic E-state index is 13.8. The number of carboxylic acids is 1. The Labute approximate surface area is 442 Å². The fraction of sp³-hybridized carbons (Fsp3) is 0.660. The molecule has 1 aromatic rings. The summed E-state index contributed by atoms with van der Waals surface area (Å²) in [4.78, 5) is 148. The number of benzene rings is 1. The first kappa shape index (κ1) is 65.2. The van der Waals surface area contributed by atoms with Crippen molar-refractivity contribution >= 4 is 65.0 Å². The summed E-state index contributed by atoms with van der Waals surface area (Å²) >= 11 is 0. The molecule has 0 aliphatic carbocycles. The summed E-state index contributed by atoms with van der Waals surface area (Å²) in [7, 11) is 0. The summed E-state index contributed by atoms with van der Waals surface area (Å²) in [6, 6.07) is -7.84. The zero-order valence-corrected chi connectivity index (χ0v) is 45.2. The van der Waals surface area contributed by atoms with Crippen LogP contribution in [0.1, 0.15) is 107 Å².